The molecule has 1 aromatic rings. The van der Waals surface area contributed by atoms with Crippen molar-refractivity contribution in [2.24, 2.45) is 0 Å². The first-order valence-corrected chi connectivity index (χ1v) is 10.2. The monoisotopic (exact) mass is 399 g/mol. The van der Waals surface area contributed by atoms with Gasteiger partial charge in [0.15, 0.2) is 0 Å². The molecule has 0 radical (unpaired) electrons. The van der Waals surface area contributed by atoms with E-state index in [1.165, 1.54) is 0 Å². The van der Waals surface area contributed by atoms with Gasteiger partial charge in [0.25, 0.3) is 0 Å². The highest BCUT2D eigenvalue weighted by Gasteiger charge is 2.45. The molecular formula is C21H25N3O5. The van der Waals surface area contributed by atoms with E-state index in [-0.39, 0.29) is 30.7 Å². The second-order valence-electron chi connectivity index (χ2n) is 7.79. The summed E-state index contributed by atoms with van der Waals surface area (Å²) in [5, 5.41) is 2.71. The lowest BCUT2D eigenvalue weighted by Gasteiger charge is -2.34. The number of carbonyl (C=O) groups excluding carboxylic acids is 4. The van der Waals surface area contributed by atoms with Crippen LogP contribution in [0.2, 0.25) is 0 Å². The van der Waals surface area contributed by atoms with Crippen LogP contribution in [0.1, 0.15) is 31.2 Å². The number of carbonyl (C=O) groups is 4. The first-order chi connectivity index (χ1) is 14.0. The van der Waals surface area contributed by atoms with Crippen LogP contribution >= 0.6 is 0 Å². The van der Waals surface area contributed by atoms with E-state index in [9.17, 15) is 19.2 Å². The van der Waals surface area contributed by atoms with Crippen molar-refractivity contribution in [3.63, 3.8) is 0 Å². The average Bonchev–Trinajstić information content (AvgIpc) is 3.39. The van der Waals surface area contributed by atoms with Gasteiger partial charge in [-0.05, 0) is 31.2 Å². The molecule has 0 unspecified atom stereocenters. The predicted octanol–water partition coefficient (Wildman–Crippen LogP) is 0.253. The Labute approximate surface area is 169 Å². The summed E-state index contributed by atoms with van der Waals surface area (Å²) >= 11 is 0. The van der Waals surface area contributed by atoms with Gasteiger partial charge < -0.3 is 19.9 Å². The smallest absolute Gasteiger partial charge is 0.328 e. The highest BCUT2D eigenvalue weighted by atomic mass is 16.5. The fourth-order valence-electron chi connectivity index (χ4n) is 4.42. The van der Waals surface area contributed by atoms with Crippen molar-refractivity contribution in [3.05, 3.63) is 35.9 Å². The summed E-state index contributed by atoms with van der Waals surface area (Å²) in [7, 11) is 0. The number of nitrogens with one attached hydrogen (secondary N) is 1. The topological polar surface area (TPSA) is 96.0 Å². The molecular weight excluding hydrogens is 374 g/mol. The lowest BCUT2D eigenvalue weighted by molar-refractivity contribution is -0.161. The minimum absolute atomic E-state index is 0.122. The number of ether oxygens (including phenoxy) is 1. The van der Waals surface area contributed by atoms with E-state index in [2.05, 4.69) is 5.32 Å². The highest BCUT2D eigenvalue weighted by Crippen LogP contribution is 2.27. The molecule has 3 aliphatic heterocycles. The van der Waals surface area contributed by atoms with Crippen molar-refractivity contribution < 1.29 is 23.9 Å². The molecule has 1 aromatic carbocycles. The lowest BCUT2D eigenvalue weighted by atomic mass is 10.1. The number of nitrogens with zero attached hydrogens (tertiary/aromatic N) is 2. The molecule has 1 N–H and O–H groups in total. The van der Waals surface area contributed by atoms with Crippen LogP contribution in [0.4, 0.5) is 0 Å². The first kappa shape index (κ1) is 19.4. The van der Waals surface area contributed by atoms with Gasteiger partial charge in [0.05, 0.1) is 6.42 Å². The number of hydrogen-bond acceptors (Lipinski definition) is 5. The number of esters is 1. The Morgan fingerprint density at radius 2 is 1.62 bits per heavy atom. The third kappa shape index (κ3) is 3.97. The summed E-state index contributed by atoms with van der Waals surface area (Å²) in [6.45, 7) is 0.751. The van der Waals surface area contributed by atoms with Crippen LogP contribution < -0.4 is 5.32 Å². The molecule has 0 aromatic heterocycles. The number of fused-ring (bicyclic) bond motifs is 2. The van der Waals surface area contributed by atoms with E-state index >= 15 is 0 Å². The summed E-state index contributed by atoms with van der Waals surface area (Å²) in [6, 6.07) is 7.05. The Balaban J connectivity index is 1.53. The predicted molar refractivity (Wildman–Crippen MR) is 103 cm³/mol. The van der Waals surface area contributed by atoms with Crippen molar-refractivity contribution in [1.29, 1.82) is 0 Å². The Morgan fingerprint density at radius 3 is 2.34 bits per heavy atom. The third-order valence-corrected chi connectivity index (χ3v) is 5.86. The zero-order valence-corrected chi connectivity index (χ0v) is 16.2. The lowest BCUT2D eigenvalue weighted by Crippen LogP contribution is -2.58. The standard InChI is InChI=1S/C21H25N3O5/c25-18(12-14-6-2-1-3-7-14)22-15-13-29-21(28)17-9-5-11-24(17)20(27)16-8-4-10-23(16)19(15)26/h1-3,6-7,15-17H,4-5,8-13H2,(H,22,25)/t15-,16+,17-/m1/s1. The van der Waals surface area contributed by atoms with Crippen molar-refractivity contribution in [1.82, 2.24) is 15.1 Å². The van der Waals surface area contributed by atoms with E-state index in [1.54, 1.807) is 9.80 Å². The molecule has 0 saturated carbocycles. The third-order valence-electron chi connectivity index (χ3n) is 5.86. The molecule has 3 atom stereocenters. The quantitative estimate of drug-likeness (QED) is 0.736. The molecule has 3 saturated heterocycles. The summed E-state index contributed by atoms with van der Waals surface area (Å²) in [5.74, 6) is -1.39. The molecule has 4 rings (SSSR count). The Hall–Kier alpha value is -2.90. The van der Waals surface area contributed by atoms with Gasteiger partial charge in [0.2, 0.25) is 17.7 Å². The molecule has 154 valence electrons. The maximum atomic E-state index is 13.1. The van der Waals surface area contributed by atoms with Crippen LogP contribution in [0.25, 0.3) is 0 Å². The average molecular weight is 399 g/mol. The minimum Gasteiger partial charge on any atom is -0.461 e. The number of rotatable bonds is 3. The molecule has 0 aliphatic carbocycles. The summed E-state index contributed by atoms with van der Waals surface area (Å²) < 4.78 is 5.37. The maximum Gasteiger partial charge on any atom is 0.328 e. The summed E-state index contributed by atoms with van der Waals surface area (Å²) in [6.07, 6.45) is 2.73. The van der Waals surface area contributed by atoms with Gasteiger partial charge in [-0.25, -0.2) is 4.79 Å². The fraction of sp³-hybridized carbons (Fsp3) is 0.524. The van der Waals surface area contributed by atoms with E-state index in [1.807, 2.05) is 30.3 Å². The van der Waals surface area contributed by atoms with E-state index in [0.717, 1.165) is 18.4 Å². The molecule has 3 amide bonds. The van der Waals surface area contributed by atoms with Crippen LogP contribution in [0.5, 0.6) is 0 Å². The fourth-order valence-corrected chi connectivity index (χ4v) is 4.42. The zero-order chi connectivity index (χ0) is 20.4. The van der Waals surface area contributed by atoms with Gasteiger partial charge in [-0.2, -0.15) is 0 Å². The second kappa shape index (κ2) is 8.23. The molecule has 3 fully saturated rings. The van der Waals surface area contributed by atoms with Gasteiger partial charge in [-0.15, -0.1) is 0 Å². The van der Waals surface area contributed by atoms with E-state index in [4.69, 9.17) is 4.74 Å². The van der Waals surface area contributed by atoms with Crippen molar-refractivity contribution in [2.75, 3.05) is 19.7 Å². The van der Waals surface area contributed by atoms with Crippen molar-refractivity contribution in [2.45, 2.75) is 50.2 Å². The van der Waals surface area contributed by atoms with Gasteiger partial charge in [-0.1, -0.05) is 30.3 Å². The maximum absolute atomic E-state index is 13.1. The number of amides is 3. The van der Waals surface area contributed by atoms with Gasteiger partial charge >= 0.3 is 5.97 Å². The molecule has 8 heteroatoms. The van der Waals surface area contributed by atoms with Gasteiger partial charge in [0, 0.05) is 13.1 Å². The zero-order valence-electron chi connectivity index (χ0n) is 16.2. The SMILES string of the molecule is O=C(Cc1ccccc1)N[C@@H]1COC(=O)[C@H]2CCCN2C(=O)[C@@H]2CCCN2C1=O. The summed E-state index contributed by atoms with van der Waals surface area (Å²) in [5.41, 5.74) is 0.824. The van der Waals surface area contributed by atoms with Gasteiger partial charge in [0.1, 0.15) is 24.7 Å². The largest absolute Gasteiger partial charge is 0.461 e. The number of benzene rings is 1. The Kier molecular flexibility index (Phi) is 5.51. The molecule has 29 heavy (non-hydrogen) atoms. The van der Waals surface area contributed by atoms with Crippen LogP contribution in [0.3, 0.4) is 0 Å². The normalized spacial score (nSPS) is 27.3. The van der Waals surface area contributed by atoms with Crippen LogP contribution in [0.15, 0.2) is 30.3 Å². The molecule has 0 bridgehead atoms. The van der Waals surface area contributed by atoms with E-state index < -0.39 is 24.1 Å². The highest BCUT2D eigenvalue weighted by molar-refractivity contribution is 5.95. The molecule has 8 nitrogen and oxygen atoms in total. The Morgan fingerprint density at radius 1 is 0.966 bits per heavy atom. The summed E-state index contributed by atoms with van der Waals surface area (Å²) in [4.78, 5) is 54.3. The van der Waals surface area contributed by atoms with E-state index in [0.29, 0.717) is 25.9 Å². The molecule has 0 spiro atoms. The number of cyclic esters (lactones) is 1. The molecule has 3 aliphatic rings. The van der Waals surface area contributed by atoms with Crippen LogP contribution in [0, 0.1) is 0 Å². The number of hydrogen-bond donors (Lipinski definition) is 1. The van der Waals surface area contributed by atoms with Crippen molar-refractivity contribution >= 4 is 23.7 Å². The second-order valence-corrected chi connectivity index (χ2v) is 7.79. The minimum atomic E-state index is -0.989. The molecule has 3 heterocycles. The van der Waals surface area contributed by atoms with Crippen LogP contribution in [-0.2, 0) is 30.3 Å². The van der Waals surface area contributed by atoms with Gasteiger partial charge in [-0.3, -0.25) is 14.4 Å². The van der Waals surface area contributed by atoms with Crippen molar-refractivity contribution in [3.8, 4) is 0 Å². The Bertz CT molecular complexity index is 812. The van der Waals surface area contributed by atoms with Crippen LogP contribution in [-0.4, -0.2) is 71.3 Å². The first-order valence-electron chi connectivity index (χ1n) is 10.2.